The molecular weight excluding hydrogens is 266 g/mol. The van der Waals surface area contributed by atoms with Gasteiger partial charge in [0.25, 0.3) is 0 Å². The van der Waals surface area contributed by atoms with Gasteiger partial charge in [0.05, 0.1) is 18.4 Å². The minimum Gasteiger partial charge on any atom is -0.465 e. The number of ether oxygens (including phenoxy) is 1. The van der Waals surface area contributed by atoms with E-state index >= 15 is 0 Å². The van der Waals surface area contributed by atoms with Crippen molar-refractivity contribution < 1.29 is 17.9 Å². The summed E-state index contributed by atoms with van der Waals surface area (Å²) in [6.07, 6.45) is 0. The zero-order chi connectivity index (χ0) is 14.5. The van der Waals surface area contributed by atoms with Crippen molar-refractivity contribution in [3.63, 3.8) is 0 Å². The van der Waals surface area contributed by atoms with Gasteiger partial charge in [0, 0.05) is 6.54 Å². The Kier molecular flexibility index (Phi) is 5.50. The van der Waals surface area contributed by atoms with Gasteiger partial charge < -0.3 is 4.74 Å². The lowest BCUT2D eigenvalue weighted by molar-refractivity contribution is 0.0600. The van der Waals surface area contributed by atoms with Crippen molar-refractivity contribution in [2.75, 3.05) is 13.7 Å². The topological polar surface area (TPSA) is 72.5 Å². The number of carbonyl (C=O) groups excluding carboxylic acids is 1. The molecular formula is C13H19NO4S. The number of rotatable bonds is 6. The maximum absolute atomic E-state index is 11.8. The van der Waals surface area contributed by atoms with Crippen LogP contribution in [0, 0.1) is 5.92 Å². The highest BCUT2D eigenvalue weighted by Crippen LogP contribution is 2.10. The fraction of sp³-hybridized carbons (Fsp3) is 0.462. The predicted molar refractivity (Wildman–Crippen MR) is 73.2 cm³/mol. The molecule has 0 saturated heterocycles. The van der Waals surface area contributed by atoms with Crippen LogP contribution in [0.2, 0.25) is 0 Å². The van der Waals surface area contributed by atoms with Crippen LogP contribution in [0.3, 0.4) is 0 Å². The largest absolute Gasteiger partial charge is 0.465 e. The maximum Gasteiger partial charge on any atom is 0.337 e. The molecule has 1 aromatic carbocycles. The number of nitrogens with one attached hydrogen (secondary N) is 1. The van der Waals surface area contributed by atoms with Crippen LogP contribution < -0.4 is 4.72 Å². The third-order valence-corrected chi connectivity index (χ3v) is 3.74. The van der Waals surface area contributed by atoms with E-state index in [1.165, 1.54) is 13.2 Å². The third kappa shape index (κ3) is 5.40. The first-order valence-electron chi connectivity index (χ1n) is 5.98. The van der Waals surface area contributed by atoms with Crippen molar-refractivity contribution in [3.8, 4) is 0 Å². The number of hydrogen-bond donors (Lipinski definition) is 1. The molecule has 0 radical (unpaired) electrons. The van der Waals surface area contributed by atoms with Crippen molar-refractivity contribution in [1.82, 2.24) is 4.72 Å². The molecule has 1 rings (SSSR count). The van der Waals surface area contributed by atoms with Crippen LogP contribution in [-0.2, 0) is 20.5 Å². The van der Waals surface area contributed by atoms with Crippen LogP contribution in [0.15, 0.2) is 24.3 Å². The van der Waals surface area contributed by atoms with Gasteiger partial charge in [-0.2, -0.15) is 0 Å². The fourth-order valence-corrected chi connectivity index (χ4v) is 2.78. The second-order valence-corrected chi connectivity index (χ2v) is 6.50. The minimum absolute atomic E-state index is 0.148. The number of esters is 1. The van der Waals surface area contributed by atoms with E-state index in [1.54, 1.807) is 18.2 Å². The van der Waals surface area contributed by atoms with Gasteiger partial charge in [-0.1, -0.05) is 26.0 Å². The minimum atomic E-state index is -3.38. The maximum atomic E-state index is 11.8. The molecule has 0 bridgehead atoms. The summed E-state index contributed by atoms with van der Waals surface area (Å²) >= 11 is 0. The highest BCUT2D eigenvalue weighted by molar-refractivity contribution is 7.88. The van der Waals surface area contributed by atoms with E-state index < -0.39 is 16.0 Å². The number of benzene rings is 1. The quantitative estimate of drug-likeness (QED) is 0.805. The molecule has 0 fully saturated rings. The molecule has 5 nitrogen and oxygen atoms in total. The highest BCUT2D eigenvalue weighted by Gasteiger charge is 2.13. The van der Waals surface area contributed by atoms with Crippen LogP contribution in [0.25, 0.3) is 0 Å². The Morgan fingerprint density at radius 3 is 2.63 bits per heavy atom. The number of carbonyl (C=O) groups is 1. The van der Waals surface area contributed by atoms with Crippen molar-refractivity contribution in [1.29, 1.82) is 0 Å². The summed E-state index contributed by atoms with van der Waals surface area (Å²) in [5, 5.41) is 0. The first-order valence-corrected chi connectivity index (χ1v) is 7.64. The van der Waals surface area contributed by atoms with E-state index in [4.69, 9.17) is 0 Å². The van der Waals surface area contributed by atoms with Crippen molar-refractivity contribution in [2.45, 2.75) is 19.6 Å². The molecule has 6 heteroatoms. The van der Waals surface area contributed by atoms with Gasteiger partial charge in [-0.15, -0.1) is 0 Å². The van der Waals surface area contributed by atoms with Gasteiger partial charge in [-0.25, -0.2) is 17.9 Å². The average molecular weight is 285 g/mol. The SMILES string of the molecule is COC(=O)c1cccc(CS(=O)(=O)NCC(C)C)c1. The van der Waals surface area contributed by atoms with E-state index in [-0.39, 0.29) is 11.7 Å². The molecule has 0 saturated carbocycles. The van der Waals surface area contributed by atoms with Crippen molar-refractivity contribution in [2.24, 2.45) is 5.92 Å². The molecule has 106 valence electrons. The molecule has 0 heterocycles. The number of hydrogen-bond acceptors (Lipinski definition) is 4. The van der Waals surface area contributed by atoms with Crippen molar-refractivity contribution in [3.05, 3.63) is 35.4 Å². The summed E-state index contributed by atoms with van der Waals surface area (Å²) in [6.45, 7) is 4.26. The first kappa shape index (κ1) is 15.7. The summed E-state index contributed by atoms with van der Waals surface area (Å²) < 4.78 is 30.8. The third-order valence-electron chi connectivity index (χ3n) is 2.42. The lowest BCUT2D eigenvalue weighted by Crippen LogP contribution is -2.28. The molecule has 0 spiro atoms. The van der Waals surface area contributed by atoms with Gasteiger partial charge >= 0.3 is 5.97 Å². The summed E-state index contributed by atoms with van der Waals surface area (Å²) in [5.41, 5.74) is 0.901. The van der Waals surface area contributed by atoms with Crippen LogP contribution in [0.5, 0.6) is 0 Å². The molecule has 0 aliphatic heterocycles. The second kappa shape index (κ2) is 6.68. The van der Waals surface area contributed by atoms with Gasteiger partial charge in [0.1, 0.15) is 0 Å². The standard InChI is InChI=1S/C13H19NO4S/c1-10(2)8-14-19(16,17)9-11-5-4-6-12(7-11)13(15)18-3/h4-7,10,14H,8-9H2,1-3H3. The normalized spacial score (nSPS) is 11.6. The van der Waals surface area contributed by atoms with E-state index in [0.29, 0.717) is 17.7 Å². The lowest BCUT2D eigenvalue weighted by atomic mass is 10.1. The van der Waals surface area contributed by atoms with Crippen LogP contribution in [-0.4, -0.2) is 28.0 Å². The molecule has 19 heavy (non-hydrogen) atoms. The van der Waals surface area contributed by atoms with Crippen LogP contribution >= 0.6 is 0 Å². The monoisotopic (exact) mass is 285 g/mol. The Hall–Kier alpha value is -1.40. The smallest absolute Gasteiger partial charge is 0.337 e. The zero-order valence-electron chi connectivity index (χ0n) is 11.3. The molecule has 0 atom stereocenters. The van der Waals surface area contributed by atoms with Crippen LogP contribution in [0.1, 0.15) is 29.8 Å². The van der Waals surface area contributed by atoms with E-state index in [0.717, 1.165) is 0 Å². The van der Waals surface area contributed by atoms with E-state index in [9.17, 15) is 13.2 Å². The summed E-state index contributed by atoms with van der Waals surface area (Å²) in [5.74, 6) is -0.379. The lowest BCUT2D eigenvalue weighted by Gasteiger charge is -2.09. The Balaban J connectivity index is 2.79. The molecule has 0 aliphatic rings. The molecule has 1 aromatic rings. The first-order chi connectivity index (χ1) is 8.84. The Morgan fingerprint density at radius 1 is 1.37 bits per heavy atom. The van der Waals surface area contributed by atoms with Crippen LogP contribution in [0.4, 0.5) is 0 Å². The number of sulfonamides is 1. The predicted octanol–water partition coefficient (Wildman–Crippen LogP) is 1.55. The Bertz CT molecular complexity index is 537. The van der Waals surface area contributed by atoms with Gasteiger partial charge in [0.15, 0.2) is 0 Å². The van der Waals surface area contributed by atoms with Gasteiger partial charge in [-0.3, -0.25) is 0 Å². The average Bonchev–Trinajstić information content (AvgIpc) is 2.35. The molecule has 1 N–H and O–H groups in total. The summed E-state index contributed by atoms with van der Waals surface area (Å²) in [6, 6.07) is 6.42. The number of methoxy groups -OCH3 is 1. The van der Waals surface area contributed by atoms with E-state index in [1.807, 2.05) is 13.8 Å². The second-order valence-electron chi connectivity index (χ2n) is 4.69. The van der Waals surface area contributed by atoms with Gasteiger partial charge in [0.2, 0.25) is 10.0 Å². The summed E-state index contributed by atoms with van der Waals surface area (Å²) in [4.78, 5) is 11.4. The van der Waals surface area contributed by atoms with E-state index in [2.05, 4.69) is 9.46 Å². The van der Waals surface area contributed by atoms with Crippen molar-refractivity contribution >= 4 is 16.0 Å². The zero-order valence-corrected chi connectivity index (χ0v) is 12.2. The highest BCUT2D eigenvalue weighted by atomic mass is 32.2. The molecule has 0 aromatic heterocycles. The Morgan fingerprint density at radius 2 is 2.05 bits per heavy atom. The Labute approximate surface area is 114 Å². The molecule has 0 aliphatic carbocycles. The van der Waals surface area contributed by atoms with Gasteiger partial charge in [-0.05, 0) is 23.6 Å². The fourth-order valence-electron chi connectivity index (χ4n) is 1.47. The molecule has 0 unspecified atom stereocenters. The summed E-state index contributed by atoms with van der Waals surface area (Å²) in [7, 11) is -2.09. The molecule has 0 amide bonds.